The monoisotopic (exact) mass is 253 g/mol. The Morgan fingerprint density at radius 1 is 1.33 bits per heavy atom. The fourth-order valence-corrected chi connectivity index (χ4v) is 3.05. The van der Waals surface area contributed by atoms with Gasteiger partial charge in [-0.3, -0.25) is 9.59 Å². The van der Waals surface area contributed by atoms with Gasteiger partial charge in [-0.25, -0.2) is 0 Å². The molecule has 0 aromatic heterocycles. The van der Waals surface area contributed by atoms with E-state index in [-0.39, 0.29) is 23.9 Å². The van der Waals surface area contributed by atoms with Crippen LogP contribution in [0, 0.1) is 5.92 Å². The maximum atomic E-state index is 12.3. The molecule has 3 unspecified atom stereocenters. The summed E-state index contributed by atoms with van der Waals surface area (Å²) in [5.74, 6) is 0.227. The van der Waals surface area contributed by atoms with Crippen molar-refractivity contribution in [1.82, 2.24) is 10.2 Å². The maximum Gasteiger partial charge on any atom is 0.240 e. The van der Waals surface area contributed by atoms with E-state index in [0.29, 0.717) is 25.3 Å². The van der Waals surface area contributed by atoms with Crippen molar-refractivity contribution in [2.75, 3.05) is 13.1 Å². The summed E-state index contributed by atoms with van der Waals surface area (Å²) in [6.07, 6.45) is 4.44. The molecule has 102 valence electrons. The summed E-state index contributed by atoms with van der Waals surface area (Å²) in [6, 6.07) is -0.128. The SMILES string of the molecule is CC1CCCNC1CC(=O)N1CCCC1C(N)=O. The molecule has 0 bridgehead atoms. The molecule has 18 heavy (non-hydrogen) atoms. The molecular formula is C13H23N3O2. The van der Waals surface area contributed by atoms with E-state index in [1.807, 2.05) is 0 Å². The molecule has 2 rings (SSSR count). The first-order chi connectivity index (χ1) is 8.59. The van der Waals surface area contributed by atoms with Gasteiger partial charge in [0.05, 0.1) is 0 Å². The van der Waals surface area contributed by atoms with Gasteiger partial charge in [0.2, 0.25) is 11.8 Å². The lowest BCUT2D eigenvalue weighted by atomic mass is 9.90. The molecular weight excluding hydrogens is 230 g/mol. The highest BCUT2D eigenvalue weighted by molar-refractivity contribution is 5.87. The second-order valence-corrected chi connectivity index (χ2v) is 5.53. The first-order valence-corrected chi connectivity index (χ1v) is 6.91. The summed E-state index contributed by atoms with van der Waals surface area (Å²) in [7, 11) is 0. The molecule has 0 radical (unpaired) electrons. The summed E-state index contributed by atoms with van der Waals surface area (Å²) in [4.78, 5) is 25.2. The minimum absolute atomic E-state index is 0.0718. The van der Waals surface area contributed by atoms with E-state index in [9.17, 15) is 9.59 Å². The van der Waals surface area contributed by atoms with Gasteiger partial charge < -0.3 is 16.0 Å². The Balaban J connectivity index is 1.92. The first-order valence-electron chi connectivity index (χ1n) is 6.91. The molecule has 3 atom stereocenters. The number of primary amides is 1. The minimum atomic E-state index is -0.378. The molecule has 0 aromatic carbocycles. The number of rotatable bonds is 3. The number of likely N-dealkylation sites (tertiary alicyclic amines) is 1. The van der Waals surface area contributed by atoms with Crippen LogP contribution in [0.4, 0.5) is 0 Å². The lowest BCUT2D eigenvalue weighted by Crippen LogP contribution is -2.48. The standard InChI is InChI=1S/C13H23N3O2/c1-9-4-2-6-15-10(9)8-12(17)16-7-3-5-11(16)13(14)18/h9-11,15H,2-8H2,1H3,(H2,14,18). The fraction of sp³-hybridized carbons (Fsp3) is 0.846. The van der Waals surface area contributed by atoms with Crippen molar-refractivity contribution in [2.24, 2.45) is 11.7 Å². The van der Waals surface area contributed by atoms with Gasteiger partial charge in [0.25, 0.3) is 0 Å². The summed E-state index contributed by atoms with van der Waals surface area (Å²) in [5, 5.41) is 3.40. The molecule has 2 amide bonds. The van der Waals surface area contributed by atoms with Crippen LogP contribution in [0.1, 0.15) is 39.0 Å². The van der Waals surface area contributed by atoms with E-state index in [0.717, 1.165) is 13.0 Å². The number of amides is 2. The highest BCUT2D eigenvalue weighted by atomic mass is 16.2. The van der Waals surface area contributed by atoms with Crippen molar-refractivity contribution >= 4 is 11.8 Å². The fourth-order valence-electron chi connectivity index (χ4n) is 3.05. The van der Waals surface area contributed by atoms with E-state index < -0.39 is 0 Å². The van der Waals surface area contributed by atoms with Gasteiger partial charge in [-0.05, 0) is 38.1 Å². The first kappa shape index (κ1) is 13.3. The molecule has 3 N–H and O–H groups in total. The second kappa shape index (κ2) is 5.69. The van der Waals surface area contributed by atoms with Crippen molar-refractivity contribution in [2.45, 2.75) is 51.1 Å². The van der Waals surface area contributed by atoms with Crippen LogP contribution in [0.3, 0.4) is 0 Å². The number of piperidine rings is 1. The van der Waals surface area contributed by atoms with Crippen LogP contribution in [0.2, 0.25) is 0 Å². The Hall–Kier alpha value is -1.10. The van der Waals surface area contributed by atoms with Gasteiger partial charge in [-0.2, -0.15) is 0 Å². The molecule has 2 saturated heterocycles. The van der Waals surface area contributed by atoms with E-state index in [2.05, 4.69) is 12.2 Å². The van der Waals surface area contributed by atoms with Crippen LogP contribution in [0.25, 0.3) is 0 Å². The minimum Gasteiger partial charge on any atom is -0.368 e. The third kappa shape index (κ3) is 2.83. The van der Waals surface area contributed by atoms with Crippen LogP contribution in [0.15, 0.2) is 0 Å². The third-order valence-electron chi connectivity index (χ3n) is 4.23. The molecule has 0 spiro atoms. The van der Waals surface area contributed by atoms with E-state index in [4.69, 9.17) is 5.73 Å². The second-order valence-electron chi connectivity index (χ2n) is 5.53. The molecule has 2 fully saturated rings. The number of nitrogens with two attached hydrogens (primary N) is 1. The Kier molecular flexibility index (Phi) is 4.22. The van der Waals surface area contributed by atoms with Crippen LogP contribution in [-0.4, -0.2) is 41.9 Å². The average Bonchev–Trinajstić information content (AvgIpc) is 2.81. The van der Waals surface area contributed by atoms with Gasteiger partial charge in [-0.1, -0.05) is 6.92 Å². The topological polar surface area (TPSA) is 75.4 Å². The van der Waals surface area contributed by atoms with Crippen molar-refractivity contribution < 1.29 is 9.59 Å². The number of carbonyl (C=O) groups is 2. The molecule has 2 aliphatic heterocycles. The van der Waals surface area contributed by atoms with Gasteiger partial charge in [0, 0.05) is 19.0 Å². The number of hydrogen-bond acceptors (Lipinski definition) is 3. The number of hydrogen-bond donors (Lipinski definition) is 2. The smallest absolute Gasteiger partial charge is 0.240 e. The molecule has 0 aromatic rings. The predicted octanol–water partition coefficient (Wildman–Crippen LogP) is 0.241. The summed E-state index contributed by atoms with van der Waals surface area (Å²) in [5.41, 5.74) is 5.34. The van der Waals surface area contributed by atoms with Crippen molar-refractivity contribution in [3.63, 3.8) is 0 Å². The molecule has 2 heterocycles. The Labute approximate surface area is 108 Å². The van der Waals surface area contributed by atoms with Gasteiger partial charge in [0.1, 0.15) is 6.04 Å². The van der Waals surface area contributed by atoms with Gasteiger partial charge in [0.15, 0.2) is 0 Å². The third-order valence-corrected chi connectivity index (χ3v) is 4.23. The number of carbonyl (C=O) groups excluding carboxylic acids is 2. The normalized spacial score (nSPS) is 32.5. The highest BCUT2D eigenvalue weighted by Crippen LogP contribution is 2.22. The van der Waals surface area contributed by atoms with Gasteiger partial charge >= 0.3 is 0 Å². The van der Waals surface area contributed by atoms with Crippen molar-refractivity contribution in [3.8, 4) is 0 Å². The summed E-state index contributed by atoms with van der Waals surface area (Å²) < 4.78 is 0. The largest absolute Gasteiger partial charge is 0.368 e. The summed E-state index contributed by atoms with van der Waals surface area (Å²) >= 11 is 0. The average molecular weight is 253 g/mol. The van der Waals surface area contributed by atoms with Crippen LogP contribution in [-0.2, 0) is 9.59 Å². The Morgan fingerprint density at radius 2 is 2.11 bits per heavy atom. The highest BCUT2D eigenvalue weighted by Gasteiger charge is 2.34. The van der Waals surface area contributed by atoms with E-state index in [1.54, 1.807) is 4.90 Å². The predicted molar refractivity (Wildman–Crippen MR) is 68.7 cm³/mol. The summed E-state index contributed by atoms with van der Waals surface area (Å²) in [6.45, 7) is 3.84. The van der Waals surface area contributed by atoms with E-state index in [1.165, 1.54) is 12.8 Å². The lowest BCUT2D eigenvalue weighted by molar-refractivity contribution is -0.138. The molecule has 2 aliphatic rings. The lowest BCUT2D eigenvalue weighted by Gasteiger charge is -2.32. The number of nitrogens with one attached hydrogen (secondary N) is 1. The zero-order chi connectivity index (χ0) is 13.1. The molecule has 0 saturated carbocycles. The Morgan fingerprint density at radius 3 is 2.78 bits per heavy atom. The van der Waals surface area contributed by atoms with Crippen LogP contribution in [0.5, 0.6) is 0 Å². The van der Waals surface area contributed by atoms with Crippen molar-refractivity contribution in [3.05, 3.63) is 0 Å². The number of nitrogens with zero attached hydrogens (tertiary/aromatic N) is 1. The molecule has 5 heteroatoms. The van der Waals surface area contributed by atoms with Gasteiger partial charge in [-0.15, -0.1) is 0 Å². The zero-order valence-electron chi connectivity index (χ0n) is 11.0. The molecule has 0 aliphatic carbocycles. The molecule has 5 nitrogen and oxygen atoms in total. The van der Waals surface area contributed by atoms with Crippen LogP contribution >= 0.6 is 0 Å². The van der Waals surface area contributed by atoms with E-state index >= 15 is 0 Å². The van der Waals surface area contributed by atoms with Crippen molar-refractivity contribution in [1.29, 1.82) is 0 Å². The Bertz CT molecular complexity index is 332. The van der Waals surface area contributed by atoms with Crippen LogP contribution < -0.4 is 11.1 Å². The zero-order valence-corrected chi connectivity index (χ0v) is 11.0. The quantitative estimate of drug-likeness (QED) is 0.756. The maximum absolute atomic E-state index is 12.3.